The molecule has 2 unspecified atom stereocenters. The number of amides is 2. The van der Waals surface area contributed by atoms with Gasteiger partial charge in [0.2, 0.25) is 11.8 Å². The van der Waals surface area contributed by atoms with Crippen molar-refractivity contribution in [1.82, 2.24) is 5.32 Å². The molecule has 15 heavy (non-hydrogen) atoms. The molecule has 2 rings (SSSR count). The van der Waals surface area contributed by atoms with Crippen LogP contribution in [0.2, 0.25) is 0 Å². The third kappa shape index (κ3) is 1.40. The van der Waals surface area contributed by atoms with Crippen LogP contribution in [-0.4, -0.2) is 11.8 Å². The van der Waals surface area contributed by atoms with Crippen molar-refractivity contribution in [3.05, 3.63) is 0 Å². The Hall–Kier alpha value is -0.860. The van der Waals surface area contributed by atoms with Crippen molar-refractivity contribution in [2.45, 2.75) is 46.5 Å². The number of imide groups is 1. The molecular weight excluding hydrogens is 190 g/mol. The van der Waals surface area contributed by atoms with Crippen molar-refractivity contribution in [3.63, 3.8) is 0 Å². The van der Waals surface area contributed by atoms with E-state index in [1.54, 1.807) is 0 Å². The third-order valence-corrected chi connectivity index (χ3v) is 4.66. The molecule has 2 fully saturated rings. The summed E-state index contributed by atoms with van der Waals surface area (Å²) in [4.78, 5) is 23.3. The molecule has 2 atom stereocenters. The fraction of sp³-hybridized carbons (Fsp3) is 0.833. The van der Waals surface area contributed by atoms with E-state index in [4.69, 9.17) is 0 Å². The van der Waals surface area contributed by atoms with E-state index in [9.17, 15) is 9.59 Å². The van der Waals surface area contributed by atoms with Crippen molar-refractivity contribution in [3.8, 4) is 0 Å². The first-order valence-corrected chi connectivity index (χ1v) is 5.77. The Morgan fingerprint density at radius 1 is 1.33 bits per heavy atom. The summed E-state index contributed by atoms with van der Waals surface area (Å²) < 4.78 is 0. The lowest BCUT2D eigenvalue weighted by atomic mass is 9.61. The van der Waals surface area contributed by atoms with E-state index in [2.05, 4.69) is 19.2 Å². The molecule has 0 bridgehead atoms. The van der Waals surface area contributed by atoms with E-state index in [-0.39, 0.29) is 28.6 Å². The van der Waals surface area contributed by atoms with Crippen LogP contribution in [0.15, 0.2) is 0 Å². The van der Waals surface area contributed by atoms with Crippen LogP contribution in [-0.2, 0) is 9.59 Å². The number of rotatable bonds is 2. The van der Waals surface area contributed by atoms with Crippen LogP contribution >= 0.6 is 0 Å². The quantitative estimate of drug-likeness (QED) is 0.706. The van der Waals surface area contributed by atoms with Crippen molar-refractivity contribution in [2.24, 2.45) is 16.7 Å². The van der Waals surface area contributed by atoms with Crippen molar-refractivity contribution in [1.29, 1.82) is 0 Å². The van der Waals surface area contributed by atoms with E-state index in [0.717, 1.165) is 19.3 Å². The Labute approximate surface area is 90.6 Å². The summed E-state index contributed by atoms with van der Waals surface area (Å²) in [5.74, 6) is -0.160. The van der Waals surface area contributed by atoms with Gasteiger partial charge in [-0.15, -0.1) is 0 Å². The minimum absolute atomic E-state index is 0.00250. The molecule has 2 aliphatic rings. The van der Waals surface area contributed by atoms with Gasteiger partial charge in [0.05, 0.1) is 0 Å². The topological polar surface area (TPSA) is 46.2 Å². The molecule has 3 heteroatoms. The summed E-state index contributed by atoms with van der Waals surface area (Å²) in [5.41, 5.74) is 0.0856. The van der Waals surface area contributed by atoms with Crippen molar-refractivity contribution >= 4 is 11.8 Å². The van der Waals surface area contributed by atoms with Crippen LogP contribution in [0.1, 0.15) is 46.5 Å². The van der Waals surface area contributed by atoms with Crippen molar-refractivity contribution in [2.75, 3.05) is 0 Å². The Kier molecular flexibility index (Phi) is 2.18. The Bertz CT molecular complexity index is 320. The van der Waals surface area contributed by atoms with Gasteiger partial charge in [-0.3, -0.25) is 14.9 Å². The van der Waals surface area contributed by atoms with Crippen LogP contribution in [0.5, 0.6) is 0 Å². The number of piperidine rings is 1. The molecular formula is C12H19NO2. The first-order chi connectivity index (χ1) is 6.93. The highest BCUT2D eigenvalue weighted by Gasteiger charge is 2.60. The predicted octanol–water partition coefficient (Wildman–Crippen LogP) is 1.87. The highest BCUT2D eigenvalue weighted by Crippen LogP contribution is 2.64. The van der Waals surface area contributed by atoms with Gasteiger partial charge >= 0.3 is 0 Å². The van der Waals surface area contributed by atoms with Crippen LogP contribution < -0.4 is 5.32 Å². The maximum atomic E-state index is 11.8. The molecule has 1 N–H and O–H groups in total. The van der Waals surface area contributed by atoms with Gasteiger partial charge in [-0.25, -0.2) is 0 Å². The Balaban J connectivity index is 2.33. The number of carbonyl (C=O) groups is 2. The van der Waals surface area contributed by atoms with Crippen LogP contribution in [0, 0.1) is 16.7 Å². The Morgan fingerprint density at radius 2 is 1.93 bits per heavy atom. The van der Waals surface area contributed by atoms with Gasteiger partial charge in [-0.2, -0.15) is 0 Å². The zero-order chi connectivity index (χ0) is 11.3. The van der Waals surface area contributed by atoms with Gasteiger partial charge in [0.15, 0.2) is 0 Å². The Morgan fingerprint density at radius 3 is 2.40 bits per heavy atom. The van der Waals surface area contributed by atoms with Crippen molar-refractivity contribution < 1.29 is 9.59 Å². The van der Waals surface area contributed by atoms with E-state index in [1.165, 1.54) is 0 Å². The summed E-state index contributed by atoms with van der Waals surface area (Å²) >= 11 is 0. The van der Waals surface area contributed by atoms with E-state index < -0.39 is 0 Å². The van der Waals surface area contributed by atoms with E-state index in [1.807, 2.05) is 6.92 Å². The number of hydrogen-bond acceptors (Lipinski definition) is 2. The lowest BCUT2D eigenvalue weighted by Gasteiger charge is -2.44. The molecule has 1 aliphatic carbocycles. The molecule has 1 saturated carbocycles. The summed E-state index contributed by atoms with van der Waals surface area (Å²) in [6.45, 7) is 6.36. The normalized spacial score (nSPS) is 38.7. The lowest BCUT2D eigenvalue weighted by Crippen LogP contribution is -2.53. The second-order valence-corrected chi connectivity index (χ2v) is 5.53. The van der Waals surface area contributed by atoms with Crippen LogP contribution in [0.25, 0.3) is 0 Å². The first kappa shape index (κ1) is 10.7. The predicted molar refractivity (Wildman–Crippen MR) is 57.0 cm³/mol. The first-order valence-electron chi connectivity index (χ1n) is 5.77. The van der Waals surface area contributed by atoms with Gasteiger partial charge < -0.3 is 0 Å². The maximum absolute atomic E-state index is 11.8. The highest BCUT2D eigenvalue weighted by atomic mass is 16.2. The van der Waals surface area contributed by atoms with Gasteiger partial charge in [0.25, 0.3) is 0 Å². The number of carbonyl (C=O) groups excluding carboxylic acids is 2. The average Bonchev–Trinajstić information content (AvgIpc) is 2.84. The molecule has 1 heterocycles. The molecule has 0 radical (unpaired) electrons. The summed E-state index contributed by atoms with van der Waals surface area (Å²) in [7, 11) is 0. The largest absolute Gasteiger partial charge is 0.296 e. The lowest BCUT2D eigenvalue weighted by molar-refractivity contribution is -0.146. The van der Waals surface area contributed by atoms with Crippen LogP contribution in [0.4, 0.5) is 0 Å². The molecule has 0 aromatic carbocycles. The smallest absolute Gasteiger partial charge is 0.230 e. The molecule has 0 aromatic rings. The second-order valence-electron chi connectivity index (χ2n) is 5.53. The molecule has 1 saturated heterocycles. The van der Waals surface area contributed by atoms with E-state index in [0.29, 0.717) is 6.42 Å². The third-order valence-electron chi connectivity index (χ3n) is 4.66. The number of nitrogens with one attached hydrogen (secondary N) is 1. The minimum Gasteiger partial charge on any atom is -0.296 e. The summed E-state index contributed by atoms with van der Waals surface area (Å²) in [6, 6.07) is 0. The molecule has 0 aromatic heterocycles. The molecule has 84 valence electrons. The second kappa shape index (κ2) is 3.06. The minimum atomic E-state index is -0.124. The molecule has 0 spiro atoms. The standard InChI is InChI=1S/C12H19NO2/c1-4-8-10(15)13-9(14)7-12(8,3)11(2)5-6-11/h8H,4-7H2,1-3H3,(H,13,14,15). The monoisotopic (exact) mass is 209 g/mol. The van der Waals surface area contributed by atoms with Gasteiger partial charge in [0, 0.05) is 12.3 Å². The fourth-order valence-electron chi connectivity index (χ4n) is 3.04. The summed E-state index contributed by atoms with van der Waals surface area (Å²) in [6.07, 6.45) is 3.64. The van der Waals surface area contributed by atoms with Gasteiger partial charge in [-0.05, 0) is 30.1 Å². The zero-order valence-corrected chi connectivity index (χ0v) is 9.72. The van der Waals surface area contributed by atoms with Gasteiger partial charge in [-0.1, -0.05) is 20.8 Å². The average molecular weight is 209 g/mol. The molecule has 2 amide bonds. The highest BCUT2D eigenvalue weighted by molar-refractivity contribution is 5.99. The van der Waals surface area contributed by atoms with E-state index >= 15 is 0 Å². The fourth-order valence-corrected chi connectivity index (χ4v) is 3.04. The maximum Gasteiger partial charge on any atom is 0.230 e. The summed E-state index contributed by atoms with van der Waals surface area (Å²) in [5, 5.41) is 2.46. The SMILES string of the molecule is CCC1C(=O)NC(=O)CC1(C)C1(C)CC1. The zero-order valence-electron chi connectivity index (χ0n) is 9.72. The molecule has 1 aliphatic heterocycles. The van der Waals surface area contributed by atoms with Gasteiger partial charge in [0.1, 0.15) is 0 Å². The number of hydrogen-bond donors (Lipinski definition) is 1. The molecule has 3 nitrogen and oxygen atoms in total. The van der Waals surface area contributed by atoms with Crippen LogP contribution in [0.3, 0.4) is 0 Å².